The minimum absolute atomic E-state index is 0.0270. The monoisotopic (exact) mass is 872 g/mol. The van der Waals surface area contributed by atoms with Crippen LogP contribution in [-0.4, -0.2) is 34.9 Å². The lowest BCUT2D eigenvalue weighted by Gasteiger charge is -2.22. The predicted molar refractivity (Wildman–Crippen MR) is 276 cm³/mol. The highest BCUT2D eigenvalue weighted by Gasteiger charge is 2.20. The number of hydrogen-bond acceptors (Lipinski definition) is 3. The van der Waals surface area contributed by atoms with E-state index >= 15 is 0 Å². The standard InChI is InChI=1S/C58H113NO3/c1-3-5-7-9-11-13-15-17-19-21-23-25-26-27-28-29-30-31-32-34-36-38-40-42-44-46-48-50-52-54-58(62)59-56(55-60)57(61)53-51-49-47-45-43-41-39-37-35-33-24-22-20-18-16-14-12-10-8-6-4-2/h23,25,27-28,56-57,60-61H,3-22,24,26,29-55H2,1-2H3,(H,59,62)/b25-23-,28-27-. The number of unbranched alkanes of at least 4 members (excludes halogenated alkanes) is 42. The summed E-state index contributed by atoms with van der Waals surface area (Å²) in [4.78, 5) is 12.5. The summed E-state index contributed by atoms with van der Waals surface area (Å²) in [5.74, 6) is -0.0270. The van der Waals surface area contributed by atoms with Gasteiger partial charge in [0.2, 0.25) is 5.91 Å². The van der Waals surface area contributed by atoms with Gasteiger partial charge < -0.3 is 15.5 Å². The van der Waals surface area contributed by atoms with Gasteiger partial charge in [0.25, 0.3) is 0 Å². The Morgan fingerprint density at radius 1 is 0.387 bits per heavy atom. The largest absolute Gasteiger partial charge is 0.394 e. The molecule has 3 N–H and O–H groups in total. The Labute approximate surface area is 389 Å². The van der Waals surface area contributed by atoms with Crippen LogP contribution in [0.4, 0.5) is 0 Å². The van der Waals surface area contributed by atoms with Crippen LogP contribution >= 0.6 is 0 Å². The first-order chi connectivity index (χ1) is 30.7. The lowest BCUT2D eigenvalue weighted by atomic mass is 10.0. The molecule has 0 bridgehead atoms. The molecular weight excluding hydrogens is 759 g/mol. The third-order valence-corrected chi connectivity index (χ3v) is 13.5. The molecule has 0 aliphatic rings. The van der Waals surface area contributed by atoms with E-state index in [0.717, 1.165) is 32.1 Å². The van der Waals surface area contributed by atoms with Crippen molar-refractivity contribution < 1.29 is 15.0 Å². The first-order valence-corrected chi connectivity index (χ1v) is 28.5. The van der Waals surface area contributed by atoms with E-state index in [0.29, 0.717) is 12.8 Å². The zero-order valence-electron chi connectivity index (χ0n) is 42.4. The fraction of sp³-hybridized carbons (Fsp3) is 0.914. The van der Waals surface area contributed by atoms with Crippen molar-refractivity contribution in [1.82, 2.24) is 5.32 Å². The van der Waals surface area contributed by atoms with E-state index in [1.807, 2.05) is 0 Å². The second kappa shape index (κ2) is 54.2. The van der Waals surface area contributed by atoms with Crippen LogP contribution in [0.15, 0.2) is 24.3 Å². The summed E-state index contributed by atoms with van der Waals surface area (Å²) in [6.45, 7) is 4.39. The first kappa shape index (κ1) is 60.9. The van der Waals surface area contributed by atoms with Gasteiger partial charge in [0.15, 0.2) is 0 Å². The van der Waals surface area contributed by atoms with Gasteiger partial charge in [-0.1, -0.05) is 295 Å². The van der Waals surface area contributed by atoms with Gasteiger partial charge in [0.1, 0.15) is 0 Å². The molecule has 0 aliphatic carbocycles. The molecule has 0 aromatic rings. The number of hydrogen-bond donors (Lipinski definition) is 3. The maximum atomic E-state index is 12.5. The fourth-order valence-electron chi connectivity index (χ4n) is 9.10. The minimum Gasteiger partial charge on any atom is -0.394 e. The molecule has 2 atom stereocenters. The zero-order chi connectivity index (χ0) is 44.9. The summed E-state index contributed by atoms with van der Waals surface area (Å²) in [6, 6.07) is -0.536. The molecule has 4 nitrogen and oxygen atoms in total. The van der Waals surface area contributed by atoms with E-state index in [-0.39, 0.29) is 12.5 Å². The van der Waals surface area contributed by atoms with Crippen molar-refractivity contribution in [2.24, 2.45) is 0 Å². The Bertz CT molecular complexity index is 901. The highest BCUT2D eigenvalue weighted by atomic mass is 16.3. The molecule has 0 rings (SSSR count). The molecule has 62 heavy (non-hydrogen) atoms. The van der Waals surface area contributed by atoms with Crippen LogP contribution in [0.5, 0.6) is 0 Å². The quantitative estimate of drug-likeness (QED) is 0.0421. The maximum Gasteiger partial charge on any atom is 0.220 e. The molecule has 2 unspecified atom stereocenters. The number of aliphatic hydroxyl groups is 2. The zero-order valence-corrected chi connectivity index (χ0v) is 42.4. The van der Waals surface area contributed by atoms with Gasteiger partial charge in [0, 0.05) is 6.42 Å². The molecule has 0 heterocycles. The molecule has 1 amide bonds. The Morgan fingerprint density at radius 2 is 0.661 bits per heavy atom. The van der Waals surface area contributed by atoms with E-state index in [9.17, 15) is 15.0 Å². The summed E-state index contributed by atoms with van der Waals surface area (Å²) in [7, 11) is 0. The molecule has 0 aromatic carbocycles. The topological polar surface area (TPSA) is 69.6 Å². The van der Waals surface area contributed by atoms with Crippen molar-refractivity contribution in [2.45, 2.75) is 334 Å². The summed E-state index contributed by atoms with van der Waals surface area (Å²) in [5, 5.41) is 23.3. The molecule has 0 aromatic heterocycles. The molecule has 0 saturated heterocycles. The van der Waals surface area contributed by atoms with Crippen LogP contribution in [0.3, 0.4) is 0 Å². The number of carbonyl (C=O) groups excluding carboxylic acids is 1. The Morgan fingerprint density at radius 3 is 0.968 bits per heavy atom. The molecule has 0 radical (unpaired) electrons. The van der Waals surface area contributed by atoms with Gasteiger partial charge in [-0.25, -0.2) is 0 Å². The maximum absolute atomic E-state index is 12.5. The SMILES string of the molecule is CCCCCCCCCCC/C=C\C/C=C\CCCCCCCCCCCCCCCC(=O)NC(CO)C(O)CCCCCCCCCCCCCCCCCCCCCCC. The van der Waals surface area contributed by atoms with Gasteiger partial charge >= 0.3 is 0 Å². The van der Waals surface area contributed by atoms with Crippen LogP contribution in [0, 0.1) is 0 Å². The molecule has 0 fully saturated rings. The summed E-state index contributed by atoms with van der Waals surface area (Å²) < 4.78 is 0. The van der Waals surface area contributed by atoms with Crippen molar-refractivity contribution in [3.8, 4) is 0 Å². The normalized spacial score (nSPS) is 12.9. The molecular formula is C58H113NO3. The predicted octanol–water partition coefficient (Wildman–Crippen LogP) is 18.7. The Hall–Kier alpha value is -1.13. The minimum atomic E-state index is -0.659. The fourth-order valence-corrected chi connectivity index (χ4v) is 9.10. The van der Waals surface area contributed by atoms with Crippen molar-refractivity contribution in [2.75, 3.05) is 6.61 Å². The van der Waals surface area contributed by atoms with Crippen LogP contribution < -0.4 is 5.32 Å². The number of carbonyl (C=O) groups is 1. The van der Waals surface area contributed by atoms with Gasteiger partial charge in [-0.2, -0.15) is 0 Å². The number of rotatable bonds is 53. The van der Waals surface area contributed by atoms with Crippen molar-refractivity contribution in [1.29, 1.82) is 0 Å². The van der Waals surface area contributed by atoms with Crippen molar-refractivity contribution in [3.63, 3.8) is 0 Å². The highest BCUT2D eigenvalue weighted by Crippen LogP contribution is 2.18. The molecule has 368 valence electrons. The number of allylic oxidation sites excluding steroid dienone is 4. The van der Waals surface area contributed by atoms with Gasteiger partial charge in [-0.15, -0.1) is 0 Å². The van der Waals surface area contributed by atoms with Gasteiger partial charge in [-0.05, 0) is 44.9 Å². The molecule has 0 spiro atoms. The third kappa shape index (κ3) is 49.9. The van der Waals surface area contributed by atoms with Crippen LogP contribution in [0.1, 0.15) is 322 Å². The van der Waals surface area contributed by atoms with Gasteiger partial charge in [0.05, 0.1) is 18.8 Å². The number of amides is 1. The lowest BCUT2D eigenvalue weighted by molar-refractivity contribution is -0.123. The Balaban J connectivity index is 3.44. The van der Waals surface area contributed by atoms with Crippen LogP contribution in [0.2, 0.25) is 0 Å². The molecule has 4 heteroatoms. The Kier molecular flexibility index (Phi) is 53.2. The van der Waals surface area contributed by atoms with Crippen LogP contribution in [-0.2, 0) is 4.79 Å². The van der Waals surface area contributed by atoms with Crippen molar-refractivity contribution >= 4 is 5.91 Å². The number of aliphatic hydroxyl groups excluding tert-OH is 2. The third-order valence-electron chi connectivity index (χ3n) is 13.5. The second-order valence-corrected chi connectivity index (χ2v) is 19.7. The summed E-state index contributed by atoms with van der Waals surface area (Å²) >= 11 is 0. The smallest absolute Gasteiger partial charge is 0.220 e. The van der Waals surface area contributed by atoms with E-state index < -0.39 is 12.1 Å². The number of nitrogens with one attached hydrogen (secondary N) is 1. The van der Waals surface area contributed by atoms with E-state index in [4.69, 9.17) is 0 Å². The van der Waals surface area contributed by atoms with Gasteiger partial charge in [-0.3, -0.25) is 4.79 Å². The summed E-state index contributed by atoms with van der Waals surface area (Å²) in [6.07, 6.45) is 71.7. The summed E-state index contributed by atoms with van der Waals surface area (Å²) in [5.41, 5.74) is 0. The van der Waals surface area contributed by atoms with Crippen LogP contribution in [0.25, 0.3) is 0 Å². The average Bonchev–Trinajstić information content (AvgIpc) is 3.28. The highest BCUT2D eigenvalue weighted by molar-refractivity contribution is 5.76. The van der Waals surface area contributed by atoms with E-state index in [1.165, 1.54) is 263 Å². The first-order valence-electron chi connectivity index (χ1n) is 28.5. The second-order valence-electron chi connectivity index (χ2n) is 19.7. The molecule has 0 aliphatic heterocycles. The van der Waals surface area contributed by atoms with E-state index in [1.54, 1.807) is 0 Å². The average molecular weight is 873 g/mol. The van der Waals surface area contributed by atoms with E-state index in [2.05, 4.69) is 43.5 Å². The van der Waals surface area contributed by atoms with Crippen molar-refractivity contribution in [3.05, 3.63) is 24.3 Å². The molecule has 0 saturated carbocycles. The lowest BCUT2D eigenvalue weighted by Crippen LogP contribution is -2.45.